The molecule has 0 fully saturated rings. The Morgan fingerprint density at radius 3 is 2.05 bits per heavy atom. The lowest BCUT2D eigenvalue weighted by Gasteiger charge is -2.29. The molecule has 1 aromatic carbocycles. The summed E-state index contributed by atoms with van der Waals surface area (Å²) in [6, 6.07) is 10.9. The summed E-state index contributed by atoms with van der Waals surface area (Å²) in [6.45, 7) is 6.15. The largest absolute Gasteiger partial charge is 0.505 e. The number of hydrogen-bond donors (Lipinski definition) is 0. The van der Waals surface area contributed by atoms with Gasteiger partial charge in [0.2, 0.25) is 0 Å². The smallest absolute Gasteiger partial charge is 0.382 e. The lowest BCUT2D eigenvalue weighted by atomic mass is 10.2. The van der Waals surface area contributed by atoms with Crippen molar-refractivity contribution in [3.8, 4) is 0 Å². The number of rotatable bonds is 10. The predicted octanol–water partition coefficient (Wildman–Crippen LogP) is 2.44. The molecule has 1 aromatic rings. The molecule has 0 heterocycles. The zero-order valence-corrected chi connectivity index (χ0v) is 13.1. The normalized spacial score (nSPS) is 11.7. The topological polar surface area (TPSA) is 36.9 Å². The Hall–Kier alpha value is -0.723. The molecular weight excluding hydrogens is 260 g/mol. The molecule has 0 radical (unpaired) electrons. The van der Waals surface area contributed by atoms with Crippen LogP contribution in [-0.2, 0) is 24.1 Å². The van der Waals surface area contributed by atoms with Crippen LogP contribution in [0.25, 0.3) is 0 Å². The molecule has 0 spiro atoms. The Kier molecular flexibility index (Phi) is 7.93. The van der Waals surface area contributed by atoms with Crippen LogP contribution in [0, 0.1) is 0 Å². The Morgan fingerprint density at radius 1 is 0.895 bits per heavy atom. The molecule has 5 heteroatoms. The fourth-order valence-corrected chi connectivity index (χ4v) is 4.41. The van der Waals surface area contributed by atoms with Crippen molar-refractivity contribution >= 4 is 8.80 Å². The standard InChI is InChI=1S/C14H24O4Si/c1-4-16-19(17-5-2,18-12-11-15-3)13-14-9-7-6-8-10-14/h6-10H,4-5,11-13H2,1-3H3. The third-order valence-electron chi connectivity index (χ3n) is 2.60. The Bertz CT molecular complexity index is 325. The van der Waals surface area contributed by atoms with Crippen LogP contribution in [0.5, 0.6) is 0 Å². The summed E-state index contributed by atoms with van der Waals surface area (Å²) in [4.78, 5) is 0. The van der Waals surface area contributed by atoms with Crippen LogP contribution in [0.4, 0.5) is 0 Å². The van der Waals surface area contributed by atoms with E-state index in [2.05, 4.69) is 12.1 Å². The monoisotopic (exact) mass is 284 g/mol. The lowest BCUT2D eigenvalue weighted by Crippen LogP contribution is -2.49. The van der Waals surface area contributed by atoms with Gasteiger partial charge in [-0.1, -0.05) is 30.3 Å². The van der Waals surface area contributed by atoms with E-state index in [9.17, 15) is 0 Å². The van der Waals surface area contributed by atoms with Gasteiger partial charge in [0.1, 0.15) is 0 Å². The van der Waals surface area contributed by atoms with Gasteiger partial charge >= 0.3 is 8.80 Å². The van der Waals surface area contributed by atoms with Crippen LogP contribution in [-0.4, -0.2) is 42.3 Å². The highest BCUT2D eigenvalue weighted by atomic mass is 28.4. The molecule has 0 saturated heterocycles. The molecule has 4 nitrogen and oxygen atoms in total. The maximum absolute atomic E-state index is 5.92. The van der Waals surface area contributed by atoms with Crippen LogP contribution in [0.2, 0.25) is 0 Å². The highest BCUT2D eigenvalue weighted by molar-refractivity contribution is 6.60. The second kappa shape index (κ2) is 9.22. The Morgan fingerprint density at radius 2 is 1.53 bits per heavy atom. The molecule has 0 bridgehead atoms. The minimum atomic E-state index is -2.65. The summed E-state index contributed by atoms with van der Waals surface area (Å²) < 4.78 is 22.7. The maximum atomic E-state index is 5.92. The van der Waals surface area contributed by atoms with E-state index in [-0.39, 0.29) is 0 Å². The van der Waals surface area contributed by atoms with Gasteiger partial charge in [-0.3, -0.25) is 0 Å². The molecule has 0 aliphatic rings. The SMILES string of the molecule is CCO[Si](Cc1ccccc1)(OCC)OCCOC. The third-order valence-corrected chi connectivity index (χ3v) is 5.54. The average molecular weight is 284 g/mol. The molecule has 1 rings (SSSR count). The van der Waals surface area contributed by atoms with Crippen molar-refractivity contribution in [2.75, 3.05) is 33.5 Å². The first-order chi connectivity index (χ1) is 9.26. The predicted molar refractivity (Wildman–Crippen MR) is 77.0 cm³/mol. The molecular formula is C14H24O4Si. The van der Waals surface area contributed by atoms with Crippen LogP contribution >= 0.6 is 0 Å². The fraction of sp³-hybridized carbons (Fsp3) is 0.571. The number of methoxy groups -OCH3 is 1. The molecule has 0 aliphatic carbocycles. The second-order valence-electron chi connectivity index (χ2n) is 4.05. The van der Waals surface area contributed by atoms with Crippen molar-refractivity contribution in [2.45, 2.75) is 19.9 Å². The van der Waals surface area contributed by atoms with Crippen LogP contribution in [0.3, 0.4) is 0 Å². The van der Waals surface area contributed by atoms with Gasteiger partial charge in [-0.2, -0.15) is 0 Å². The van der Waals surface area contributed by atoms with Gasteiger partial charge in [-0.05, 0) is 19.4 Å². The van der Waals surface area contributed by atoms with Gasteiger partial charge in [0.15, 0.2) is 0 Å². The summed E-state index contributed by atoms with van der Waals surface area (Å²) >= 11 is 0. The van der Waals surface area contributed by atoms with Gasteiger partial charge in [-0.15, -0.1) is 0 Å². The number of ether oxygens (including phenoxy) is 1. The van der Waals surface area contributed by atoms with Crippen molar-refractivity contribution in [2.24, 2.45) is 0 Å². The summed E-state index contributed by atoms with van der Waals surface area (Å²) in [5.41, 5.74) is 1.17. The van der Waals surface area contributed by atoms with Gasteiger partial charge in [0.25, 0.3) is 0 Å². The maximum Gasteiger partial charge on any atom is 0.505 e. The molecule has 0 amide bonds. The summed E-state index contributed by atoms with van der Waals surface area (Å²) in [7, 11) is -0.996. The molecule has 0 N–H and O–H groups in total. The summed E-state index contributed by atoms with van der Waals surface area (Å²) in [5.74, 6) is 0. The summed E-state index contributed by atoms with van der Waals surface area (Å²) in [6.07, 6.45) is 0. The van der Waals surface area contributed by atoms with Crippen molar-refractivity contribution in [3.05, 3.63) is 35.9 Å². The molecule has 0 aromatic heterocycles. The highest BCUT2D eigenvalue weighted by Gasteiger charge is 2.40. The molecule has 0 atom stereocenters. The first-order valence-electron chi connectivity index (χ1n) is 6.71. The van der Waals surface area contributed by atoms with Gasteiger partial charge in [0, 0.05) is 26.4 Å². The Balaban J connectivity index is 2.75. The zero-order valence-electron chi connectivity index (χ0n) is 12.1. The van der Waals surface area contributed by atoms with Crippen LogP contribution in [0.1, 0.15) is 19.4 Å². The van der Waals surface area contributed by atoms with Crippen molar-refractivity contribution in [3.63, 3.8) is 0 Å². The minimum absolute atomic E-state index is 0.496. The van der Waals surface area contributed by atoms with Crippen LogP contribution in [0.15, 0.2) is 30.3 Å². The molecule has 0 saturated carbocycles. The minimum Gasteiger partial charge on any atom is -0.382 e. The fourth-order valence-electron chi connectivity index (χ4n) is 1.84. The van der Waals surface area contributed by atoms with Crippen molar-refractivity contribution < 1.29 is 18.0 Å². The van der Waals surface area contributed by atoms with E-state index in [1.807, 2.05) is 32.0 Å². The molecule has 108 valence electrons. The summed E-state index contributed by atoms with van der Waals surface area (Å²) in [5, 5.41) is 0. The molecule has 0 aliphatic heterocycles. The molecule has 0 unspecified atom stereocenters. The third kappa shape index (κ3) is 5.84. The van der Waals surface area contributed by atoms with E-state index in [1.165, 1.54) is 5.56 Å². The first-order valence-corrected chi connectivity index (χ1v) is 8.64. The van der Waals surface area contributed by atoms with E-state index in [0.717, 1.165) is 0 Å². The van der Waals surface area contributed by atoms with Crippen LogP contribution < -0.4 is 0 Å². The van der Waals surface area contributed by atoms with E-state index >= 15 is 0 Å². The van der Waals surface area contributed by atoms with Crippen molar-refractivity contribution in [1.82, 2.24) is 0 Å². The average Bonchev–Trinajstić information content (AvgIpc) is 2.41. The molecule has 19 heavy (non-hydrogen) atoms. The van der Waals surface area contributed by atoms with E-state index in [4.69, 9.17) is 18.0 Å². The van der Waals surface area contributed by atoms with Gasteiger partial charge in [-0.25, -0.2) is 0 Å². The first kappa shape index (κ1) is 16.3. The quantitative estimate of drug-likeness (QED) is 0.488. The van der Waals surface area contributed by atoms with E-state index in [1.54, 1.807) is 7.11 Å². The second-order valence-corrected chi connectivity index (χ2v) is 6.64. The number of hydrogen-bond acceptors (Lipinski definition) is 4. The van der Waals surface area contributed by atoms with Gasteiger partial charge in [0.05, 0.1) is 13.2 Å². The zero-order chi connectivity index (χ0) is 14.0. The number of benzene rings is 1. The van der Waals surface area contributed by atoms with Gasteiger partial charge < -0.3 is 18.0 Å². The van der Waals surface area contributed by atoms with E-state index < -0.39 is 8.80 Å². The Labute approximate surface area is 117 Å². The van der Waals surface area contributed by atoms with Crippen molar-refractivity contribution in [1.29, 1.82) is 0 Å². The lowest BCUT2D eigenvalue weighted by molar-refractivity contribution is 0.0443. The highest BCUT2D eigenvalue weighted by Crippen LogP contribution is 2.17. The van der Waals surface area contributed by atoms with E-state index in [0.29, 0.717) is 32.5 Å².